The molecule has 1 aliphatic heterocycles. The van der Waals surface area contributed by atoms with Crippen molar-refractivity contribution in [2.75, 3.05) is 26.2 Å². The maximum atomic E-state index is 9.35. The molecular weight excluding hydrogens is 224 g/mol. The molecule has 2 N–H and O–H groups in total. The number of piperidine rings is 1. The van der Waals surface area contributed by atoms with Crippen LogP contribution in [0, 0.1) is 11.8 Å². The van der Waals surface area contributed by atoms with Crippen molar-refractivity contribution in [3.8, 4) is 0 Å². The van der Waals surface area contributed by atoms with E-state index in [1.807, 2.05) is 6.92 Å². The largest absolute Gasteiger partial charge is 0.393 e. The summed E-state index contributed by atoms with van der Waals surface area (Å²) in [6.45, 7) is 9.07. The molecule has 1 aliphatic carbocycles. The SMILES string of the molecule is CC(O)CC(C)CNC1CCN(CC2CC2)CC1. The summed E-state index contributed by atoms with van der Waals surface area (Å²) in [5.41, 5.74) is 0. The van der Waals surface area contributed by atoms with Gasteiger partial charge in [0.15, 0.2) is 0 Å². The van der Waals surface area contributed by atoms with Gasteiger partial charge in [0.25, 0.3) is 0 Å². The minimum absolute atomic E-state index is 0.165. The number of aliphatic hydroxyl groups is 1. The molecule has 0 bridgehead atoms. The minimum atomic E-state index is -0.165. The van der Waals surface area contributed by atoms with E-state index >= 15 is 0 Å². The van der Waals surface area contributed by atoms with Gasteiger partial charge < -0.3 is 15.3 Å². The summed E-state index contributed by atoms with van der Waals surface area (Å²) in [5, 5.41) is 13.0. The zero-order chi connectivity index (χ0) is 13.0. The van der Waals surface area contributed by atoms with Gasteiger partial charge in [-0.15, -0.1) is 0 Å². The van der Waals surface area contributed by atoms with Gasteiger partial charge in [0.05, 0.1) is 6.10 Å². The Morgan fingerprint density at radius 1 is 1.17 bits per heavy atom. The summed E-state index contributed by atoms with van der Waals surface area (Å²) in [6, 6.07) is 0.705. The Bertz CT molecular complexity index is 233. The van der Waals surface area contributed by atoms with E-state index in [1.165, 1.54) is 45.3 Å². The second kappa shape index (κ2) is 6.88. The zero-order valence-electron chi connectivity index (χ0n) is 12.1. The van der Waals surface area contributed by atoms with Gasteiger partial charge in [-0.2, -0.15) is 0 Å². The number of aliphatic hydroxyl groups excluding tert-OH is 1. The summed E-state index contributed by atoms with van der Waals surface area (Å²) in [4.78, 5) is 2.65. The fraction of sp³-hybridized carbons (Fsp3) is 1.00. The number of hydrogen-bond donors (Lipinski definition) is 2. The average Bonchev–Trinajstić information content (AvgIpc) is 3.11. The van der Waals surface area contributed by atoms with Crippen molar-refractivity contribution in [1.29, 1.82) is 0 Å². The molecule has 18 heavy (non-hydrogen) atoms. The lowest BCUT2D eigenvalue weighted by atomic mass is 10.0. The fourth-order valence-electron chi connectivity index (χ4n) is 3.02. The highest BCUT2D eigenvalue weighted by molar-refractivity contribution is 4.82. The average molecular weight is 254 g/mol. The molecule has 0 aromatic heterocycles. The first-order valence-electron chi connectivity index (χ1n) is 7.77. The van der Waals surface area contributed by atoms with Gasteiger partial charge in [-0.05, 0) is 70.5 Å². The molecule has 1 heterocycles. The molecule has 1 saturated heterocycles. The zero-order valence-corrected chi connectivity index (χ0v) is 12.1. The lowest BCUT2D eigenvalue weighted by molar-refractivity contribution is 0.156. The van der Waals surface area contributed by atoms with E-state index in [1.54, 1.807) is 0 Å². The van der Waals surface area contributed by atoms with Gasteiger partial charge in [0.1, 0.15) is 0 Å². The molecule has 0 spiro atoms. The number of nitrogens with one attached hydrogen (secondary N) is 1. The van der Waals surface area contributed by atoms with Crippen LogP contribution in [0.1, 0.15) is 46.0 Å². The van der Waals surface area contributed by atoms with Gasteiger partial charge in [0, 0.05) is 12.6 Å². The van der Waals surface area contributed by atoms with Crippen molar-refractivity contribution < 1.29 is 5.11 Å². The van der Waals surface area contributed by atoms with Crippen LogP contribution in [0.3, 0.4) is 0 Å². The number of rotatable bonds is 7. The second-order valence-electron chi connectivity index (χ2n) is 6.62. The summed E-state index contributed by atoms with van der Waals surface area (Å²) in [5.74, 6) is 1.61. The van der Waals surface area contributed by atoms with Crippen molar-refractivity contribution in [1.82, 2.24) is 10.2 Å². The van der Waals surface area contributed by atoms with Crippen LogP contribution in [0.4, 0.5) is 0 Å². The number of nitrogens with zero attached hydrogens (tertiary/aromatic N) is 1. The lowest BCUT2D eigenvalue weighted by Gasteiger charge is -2.33. The van der Waals surface area contributed by atoms with Gasteiger partial charge in [-0.3, -0.25) is 0 Å². The highest BCUT2D eigenvalue weighted by Crippen LogP contribution is 2.30. The number of hydrogen-bond acceptors (Lipinski definition) is 3. The summed E-state index contributed by atoms with van der Waals surface area (Å²) >= 11 is 0. The highest BCUT2D eigenvalue weighted by atomic mass is 16.3. The first kappa shape index (κ1) is 14.3. The minimum Gasteiger partial charge on any atom is -0.393 e. The van der Waals surface area contributed by atoms with E-state index in [2.05, 4.69) is 17.1 Å². The maximum absolute atomic E-state index is 9.35. The van der Waals surface area contributed by atoms with Crippen molar-refractivity contribution in [3.05, 3.63) is 0 Å². The molecule has 0 radical (unpaired) electrons. The molecule has 2 fully saturated rings. The van der Waals surface area contributed by atoms with E-state index in [9.17, 15) is 5.11 Å². The molecule has 3 heteroatoms. The third kappa shape index (κ3) is 5.25. The highest BCUT2D eigenvalue weighted by Gasteiger charge is 2.26. The standard InChI is InChI=1S/C15H30N2O/c1-12(9-13(2)18)10-16-15-5-7-17(8-6-15)11-14-3-4-14/h12-16,18H,3-11H2,1-2H3. The molecule has 0 aromatic carbocycles. The van der Waals surface area contributed by atoms with Crippen LogP contribution in [0.15, 0.2) is 0 Å². The summed E-state index contributed by atoms with van der Waals surface area (Å²) < 4.78 is 0. The normalized spacial score (nSPS) is 26.2. The predicted molar refractivity (Wildman–Crippen MR) is 75.7 cm³/mol. The summed E-state index contributed by atoms with van der Waals surface area (Å²) in [7, 11) is 0. The molecule has 2 unspecified atom stereocenters. The first-order valence-corrected chi connectivity index (χ1v) is 7.77. The molecule has 2 atom stereocenters. The lowest BCUT2D eigenvalue weighted by Crippen LogP contribution is -2.44. The molecule has 2 aliphatic rings. The van der Waals surface area contributed by atoms with E-state index in [0.29, 0.717) is 12.0 Å². The molecule has 0 aromatic rings. The summed E-state index contributed by atoms with van der Waals surface area (Å²) in [6.07, 6.45) is 6.28. The predicted octanol–water partition coefficient (Wildman–Crippen LogP) is 1.86. The Morgan fingerprint density at radius 3 is 2.39 bits per heavy atom. The van der Waals surface area contributed by atoms with E-state index in [-0.39, 0.29) is 6.10 Å². The van der Waals surface area contributed by atoms with E-state index < -0.39 is 0 Å². The molecule has 106 valence electrons. The Hall–Kier alpha value is -0.120. The van der Waals surface area contributed by atoms with Gasteiger partial charge in [-0.25, -0.2) is 0 Å². The molecule has 1 saturated carbocycles. The van der Waals surface area contributed by atoms with E-state index in [4.69, 9.17) is 0 Å². The topological polar surface area (TPSA) is 35.5 Å². The first-order chi connectivity index (χ1) is 8.63. The third-order valence-electron chi connectivity index (χ3n) is 4.30. The van der Waals surface area contributed by atoms with Crippen LogP contribution in [0.5, 0.6) is 0 Å². The van der Waals surface area contributed by atoms with Crippen LogP contribution in [-0.4, -0.2) is 48.3 Å². The Labute approximate surface area is 112 Å². The molecular formula is C15H30N2O. The molecule has 0 amide bonds. The van der Waals surface area contributed by atoms with Crippen LogP contribution < -0.4 is 5.32 Å². The van der Waals surface area contributed by atoms with Crippen molar-refractivity contribution in [3.63, 3.8) is 0 Å². The second-order valence-corrected chi connectivity index (χ2v) is 6.62. The van der Waals surface area contributed by atoms with Crippen molar-refractivity contribution in [2.45, 2.75) is 58.1 Å². The Morgan fingerprint density at radius 2 is 1.83 bits per heavy atom. The van der Waals surface area contributed by atoms with E-state index in [0.717, 1.165) is 18.9 Å². The fourth-order valence-corrected chi connectivity index (χ4v) is 3.02. The van der Waals surface area contributed by atoms with Crippen LogP contribution in [0.25, 0.3) is 0 Å². The molecule has 3 nitrogen and oxygen atoms in total. The van der Waals surface area contributed by atoms with Crippen LogP contribution in [0.2, 0.25) is 0 Å². The van der Waals surface area contributed by atoms with Crippen LogP contribution in [-0.2, 0) is 0 Å². The van der Waals surface area contributed by atoms with Crippen molar-refractivity contribution in [2.24, 2.45) is 11.8 Å². The van der Waals surface area contributed by atoms with Gasteiger partial charge >= 0.3 is 0 Å². The van der Waals surface area contributed by atoms with Gasteiger partial charge in [0.2, 0.25) is 0 Å². The Kier molecular flexibility index (Phi) is 5.46. The Balaban J connectivity index is 1.55. The maximum Gasteiger partial charge on any atom is 0.0515 e. The van der Waals surface area contributed by atoms with Crippen LogP contribution >= 0.6 is 0 Å². The monoisotopic (exact) mass is 254 g/mol. The van der Waals surface area contributed by atoms with Crippen molar-refractivity contribution >= 4 is 0 Å². The smallest absolute Gasteiger partial charge is 0.0515 e. The molecule has 2 rings (SSSR count). The quantitative estimate of drug-likeness (QED) is 0.728. The number of likely N-dealkylation sites (tertiary alicyclic amines) is 1. The third-order valence-corrected chi connectivity index (χ3v) is 4.30. The van der Waals surface area contributed by atoms with Gasteiger partial charge in [-0.1, -0.05) is 6.92 Å².